The number of carbonyl (C=O) groups excluding carboxylic acids is 1. The van der Waals surface area contributed by atoms with Crippen molar-refractivity contribution in [3.63, 3.8) is 0 Å². The van der Waals surface area contributed by atoms with E-state index in [9.17, 15) is 13.2 Å². The van der Waals surface area contributed by atoms with Gasteiger partial charge in [-0.2, -0.15) is 4.31 Å². The zero-order valence-electron chi connectivity index (χ0n) is 17.1. The molecule has 6 nitrogen and oxygen atoms in total. The smallest absolute Gasteiger partial charge is 0.243 e. The Bertz CT molecular complexity index is 915. The van der Waals surface area contributed by atoms with Crippen LogP contribution in [0.1, 0.15) is 52.4 Å². The maximum atomic E-state index is 12.8. The highest BCUT2D eigenvalue weighted by Gasteiger charge is 2.28. The molecule has 2 aromatic rings. The average Bonchev–Trinajstić information content (AvgIpc) is 3.17. The molecular formula is C21H29N3O3S2. The molecule has 0 spiro atoms. The Balaban J connectivity index is 1.64. The number of aromatic nitrogens is 1. The number of sulfonamides is 1. The van der Waals surface area contributed by atoms with Crippen LogP contribution < -0.4 is 5.32 Å². The predicted molar refractivity (Wildman–Crippen MR) is 117 cm³/mol. The van der Waals surface area contributed by atoms with Gasteiger partial charge in [-0.05, 0) is 37.3 Å². The summed E-state index contributed by atoms with van der Waals surface area (Å²) in [6, 6.07) is 6.85. The quantitative estimate of drug-likeness (QED) is 0.607. The van der Waals surface area contributed by atoms with E-state index in [-0.39, 0.29) is 5.91 Å². The van der Waals surface area contributed by atoms with E-state index >= 15 is 0 Å². The van der Waals surface area contributed by atoms with Crippen LogP contribution in [0.25, 0.3) is 11.3 Å². The summed E-state index contributed by atoms with van der Waals surface area (Å²) in [5.74, 6) is 0.562. The zero-order valence-corrected chi connectivity index (χ0v) is 18.7. The van der Waals surface area contributed by atoms with Crippen molar-refractivity contribution in [1.82, 2.24) is 9.29 Å². The van der Waals surface area contributed by atoms with Gasteiger partial charge in [0.05, 0.1) is 10.6 Å². The molecule has 1 aliphatic heterocycles. The van der Waals surface area contributed by atoms with E-state index in [1.165, 1.54) is 11.3 Å². The van der Waals surface area contributed by atoms with Crippen molar-refractivity contribution >= 4 is 32.4 Å². The van der Waals surface area contributed by atoms with Gasteiger partial charge in [0, 0.05) is 30.5 Å². The Morgan fingerprint density at radius 2 is 1.90 bits per heavy atom. The summed E-state index contributed by atoms with van der Waals surface area (Å²) >= 11 is 1.38. The number of piperidine rings is 1. The van der Waals surface area contributed by atoms with Crippen LogP contribution >= 0.6 is 11.3 Å². The van der Waals surface area contributed by atoms with Gasteiger partial charge >= 0.3 is 0 Å². The Labute approximate surface area is 177 Å². The number of benzene rings is 1. The lowest BCUT2D eigenvalue weighted by molar-refractivity contribution is -0.116. The van der Waals surface area contributed by atoms with E-state index in [1.807, 2.05) is 5.38 Å². The molecule has 1 saturated heterocycles. The number of nitrogens with one attached hydrogen (secondary N) is 1. The number of hydrogen-bond donors (Lipinski definition) is 1. The van der Waals surface area contributed by atoms with Crippen LogP contribution in [0.4, 0.5) is 5.13 Å². The molecule has 0 aliphatic carbocycles. The van der Waals surface area contributed by atoms with Gasteiger partial charge in [0.15, 0.2) is 5.13 Å². The molecule has 1 fully saturated rings. The number of amides is 1. The summed E-state index contributed by atoms with van der Waals surface area (Å²) in [7, 11) is -3.45. The molecule has 1 aliphatic rings. The van der Waals surface area contributed by atoms with Crippen LogP contribution in [0.3, 0.4) is 0 Å². The number of carbonyl (C=O) groups is 1. The summed E-state index contributed by atoms with van der Waals surface area (Å²) in [6.07, 6.45) is 5.32. The maximum Gasteiger partial charge on any atom is 0.243 e. The molecule has 0 bridgehead atoms. The fraction of sp³-hybridized carbons (Fsp3) is 0.524. The summed E-state index contributed by atoms with van der Waals surface area (Å²) in [6.45, 7) is 5.43. The predicted octanol–water partition coefficient (Wildman–Crippen LogP) is 4.75. The second-order valence-electron chi connectivity index (χ2n) is 7.65. The monoisotopic (exact) mass is 435 g/mol. The molecule has 0 radical (unpaired) electrons. The van der Waals surface area contributed by atoms with E-state index in [0.29, 0.717) is 35.5 Å². The lowest BCUT2D eigenvalue weighted by Crippen LogP contribution is -2.37. The number of thiazole rings is 1. The fourth-order valence-corrected chi connectivity index (χ4v) is 5.56. The molecular weight excluding hydrogens is 406 g/mol. The second-order valence-corrected chi connectivity index (χ2v) is 10.5. The minimum Gasteiger partial charge on any atom is -0.302 e. The molecule has 29 heavy (non-hydrogen) atoms. The molecule has 0 saturated carbocycles. The Kier molecular flexibility index (Phi) is 7.43. The van der Waals surface area contributed by atoms with Gasteiger partial charge in [0.2, 0.25) is 15.9 Å². The normalized spacial score (nSPS) is 16.1. The topological polar surface area (TPSA) is 79.4 Å². The average molecular weight is 436 g/mol. The number of anilines is 1. The van der Waals surface area contributed by atoms with Crippen LogP contribution in [-0.2, 0) is 14.8 Å². The van der Waals surface area contributed by atoms with Gasteiger partial charge in [0.1, 0.15) is 0 Å². The SMILES string of the molecule is CCCCCC(=O)Nc1nc(-c2ccc(S(=O)(=O)N3CCC(C)CC3)cc2)cs1. The van der Waals surface area contributed by atoms with Crippen molar-refractivity contribution in [2.45, 2.75) is 57.3 Å². The molecule has 1 amide bonds. The third-order valence-corrected chi connectivity index (χ3v) is 7.96. The van der Waals surface area contributed by atoms with E-state index in [4.69, 9.17) is 0 Å². The van der Waals surface area contributed by atoms with Crippen molar-refractivity contribution in [3.8, 4) is 11.3 Å². The highest BCUT2D eigenvalue weighted by atomic mass is 32.2. The van der Waals surface area contributed by atoms with Gasteiger partial charge in [-0.25, -0.2) is 13.4 Å². The highest BCUT2D eigenvalue weighted by molar-refractivity contribution is 7.89. The molecule has 1 N–H and O–H groups in total. The number of unbranched alkanes of at least 4 members (excludes halogenated alkanes) is 2. The van der Waals surface area contributed by atoms with Crippen LogP contribution in [0, 0.1) is 5.92 Å². The minimum absolute atomic E-state index is 0.0170. The van der Waals surface area contributed by atoms with E-state index in [0.717, 1.165) is 43.4 Å². The molecule has 3 rings (SSSR count). The number of rotatable bonds is 8. The first-order valence-electron chi connectivity index (χ1n) is 10.3. The molecule has 1 aromatic heterocycles. The van der Waals surface area contributed by atoms with Crippen LogP contribution in [0.2, 0.25) is 0 Å². The summed E-state index contributed by atoms with van der Waals surface area (Å²) in [5.41, 5.74) is 1.56. The molecule has 1 aromatic carbocycles. The van der Waals surface area contributed by atoms with Gasteiger partial charge in [-0.1, -0.05) is 38.8 Å². The van der Waals surface area contributed by atoms with Crippen LogP contribution in [-0.4, -0.2) is 36.7 Å². The lowest BCUT2D eigenvalue weighted by atomic mass is 10.0. The van der Waals surface area contributed by atoms with Gasteiger partial charge in [0.25, 0.3) is 0 Å². The Morgan fingerprint density at radius 3 is 2.55 bits per heavy atom. The molecule has 8 heteroatoms. The first-order valence-corrected chi connectivity index (χ1v) is 12.6. The molecule has 2 heterocycles. The fourth-order valence-electron chi connectivity index (χ4n) is 3.35. The standard InChI is InChI=1S/C21H29N3O3S2/c1-3-4-5-6-20(25)23-21-22-19(15-28-21)17-7-9-18(10-8-17)29(26,27)24-13-11-16(2)12-14-24/h7-10,15-16H,3-6,11-14H2,1-2H3,(H,22,23,25). The molecule has 0 unspecified atom stereocenters. The van der Waals surface area contributed by atoms with E-state index in [2.05, 4.69) is 24.1 Å². The van der Waals surface area contributed by atoms with Crippen LogP contribution in [0.15, 0.2) is 34.5 Å². The molecule has 158 valence electrons. The van der Waals surface area contributed by atoms with Crippen molar-refractivity contribution in [3.05, 3.63) is 29.6 Å². The summed E-state index contributed by atoms with van der Waals surface area (Å²) in [4.78, 5) is 16.7. The minimum atomic E-state index is -3.45. The largest absolute Gasteiger partial charge is 0.302 e. The van der Waals surface area contributed by atoms with E-state index < -0.39 is 10.0 Å². The van der Waals surface area contributed by atoms with E-state index in [1.54, 1.807) is 28.6 Å². The summed E-state index contributed by atoms with van der Waals surface area (Å²) < 4.78 is 27.3. The first-order chi connectivity index (χ1) is 13.9. The Hall–Kier alpha value is -1.77. The van der Waals surface area contributed by atoms with Crippen molar-refractivity contribution in [1.29, 1.82) is 0 Å². The van der Waals surface area contributed by atoms with Gasteiger partial charge in [-0.3, -0.25) is 4.79 Å². The van der Waals surface area contributed by atoms with Gasteiger partial charge < -0.3 is 5.32 Å². The number of nitrogens with zero attached hydrogens (tertiary/aromatic N) is 2. The van der Waals surface area contributed by atoms with Crippen molar-refractivity contribution < 1.29 is 13.2 Å². The second kappa shape index (κ2) is 9.82. The molecule has 0 atom stereocenters. The third-order valence-electron chi connectivity index (χ3n) is 5.29. The first kappa shape index (κ1) is 21.9. The maximum absolute atomic E-state index is 12.8. The van der Waals surface area contributed by atoms with Crippen LogP contribution in [0.5, 0.6) is 0 Å². The van der Waals surface area contributed by atoms with Crippen molar-refractivity contribution in [2.75, 3.05) is 18.4 Å². The Morgan fingerprint density at radius 1 is 1.21 bits per heavy atom. The zero-order chi connectivity index (χ0) is 20.9. The lowest BCUT2D eigenvalue weighted by Gasteiger charge is -2.29. The summed E-state index contributed by atoms with van der Waals surface area (Å²) in [5, 5.41) is 5.28. The van der Waals surface area contributed by atoms with Gasteiger partial charge in [-0.15, -0.1) is 11.3 Å². The number of hydrogen-bond acceptors (Lipinski definition) is 5. The third kappa shape index (κ3) is 5.65. The van der Waals surface area contributed by atoms with Crippen molar-refractivity contribution in [2.24, 2.45) is 5.92 Å². The highest BCUT2D eigenvalue weighted by Crippen LogP contribution is 2.28.